The van der Waals surface area contributed by atoms with E-state index in [9.17, 15) is 9.59 Å². The molecule has 0 atom stereocenters. The highest BCUT2D eigenvalue weighted by Crippen LogP contribution is 2.17. The van der Waals surface area contributed by atoms with Gasteiger partial charge in [0.1, 0.15) is 0 Å². The van der Waals surface area contributed by atoms with E-state index in [1.807, 2.05) is 6.92 Å². The highest BCUT2D eigenvalue weighted by Gasteiger charge is 2.26. The number of carbonyl (C=O) groups excluding carboxylic acids is 2. The van der Waals surface area contributed by atoms with Gasteiger partial charge in [-0.1, -0.05) is 6.08 Å². The van der Waals surface area contributed by atoms with Crippen molar-refractivity contribution in [3.63, 3.8) is 0 Å². The molecule has 5 heteroatoms. The van der Waals surface area contributed by atoms with Crippen molar-refractivity contribution in [2.24, 2.45) is 5.92 Å². The fourth-order valence-electron chi connectivity index (χ4n) is 2.05. The van der Waals surface area contributed by atoms with Crippen LogP contribution in [0.3, 0.4) is 0 Å². The van der Waals surface area contributed by atoms with Crippen LogP contribution < -0.4 is 5.32 Å². The van der Waals surface area contributed by atoms with Crippen molar-refractivity contribution in [2.45, 2.75) is 26.2 Å². The molecule has 0 unspecified atom stereocenters. The van der Waals surface area contributed by atoms with Gasteiger partial charge < -0.3 is 15.3 Å². The van der Waals surface area contributed by atoms with Gasteiger partial charge in [0.05, 0.1) is 0 Å². The third-order valence-corrected chi connectivity index (χ3v) is 3.12. The smallest absolute Gasteiger partial charge is 0.246 e. The molecule has 1 aliphatic heterocycles. The number of allylic oxidation sites excluding steroid dienone is 1. The van der Waals surface area contributed by atoms with E-state index in [2.05, 4.69) is 5.32 Å². The zero-order valence-corrected chi connectivity index (χ0v) is 10.9. The molecule has 1 fully saturated rings. The third-order valence-electron chi connectivity index (χ3n) is 3.12. The van der Waals surface area contributed by atoms with E-state index in [1.54, 1.807) is 17.1 Å². The fourth-order valence-corrected chi connectivity index (χ4v) is 2.05. The van der Waals surface area contributed by atoms with Gasteiger partial charge >= 0.3 is 0 Å². The minimum absolute atomic E-state index is 0.00153. The van der Waals surface area contributed by atoms with Gasteiger partial charge in [-0.15, -0.1) is 0 Å². The molecular formula is C13H22N2O3. The third kappa shape index (κ3) is 4.49. The van der Waals surface area contributed by atoms with Crippen molar-refractivity contribution >= 4 is 11.8 Å². The van der Waals surface area contributed by atoms with Crippen LogP contribution in [0.25, 0.3) is 0 Å². The fraction of sp³-hybridized carbons (Fsp3) is 0.692. The van der Waals surface area contributed by atoms with Crippen molar-refractivity contribution in [2.75, 3.05) is 26.2 Å². The number of rotatable bonds is 5. The number of nitrogens with zero attached hydrogens (tertiary/aromatic N) is 1. The summed E-state index contributed by atoms with van der Waals surface area (Å²) in [7, 11) is 0. The average Bonchev–Trinajstić information content (AvgIpc) is 2.39. The van der Waals surface area contributed by atoms with Crippen LogP contribution in [0.4, 0.5) is 0 Å². The largest absolute Gasteiger partial charge is 0.396 e. The standard InChI is InChI=1S/C13H22N2O3/c1-2-4-12(17)15-8-5-11(6-9-15)13(18)14-7-3-10-16/h2,4,11,16H,3,5-10H2,1H3,(H,14,18). The monoisotopic (exact) mass is 254 g/mol. The molecule has 0 aromatic heterocycles. The zero-order chi connectivity index (χ0) is 13.4. The molecule has 0 aromatic carbocycles. The van der Waals surface area contributed by atoms with Gasteiger partial charge in [0.2, 0.25) is 11.8 Å². The Hall–Kier alpha value is -1.36. The van der Waals surface area contributed by atoms with E-state index < -0.39 is 0 Å². The van der Waals surface area contributed by atoms with Crippen LogP contribution in [-0.4, -0.2) is 48.1 Å². The molecule has 1 heterocycles. The highest BCUT2D eigenvalue weighted by molar-refractivity contribution is 5.87. The van der Waals surface area contributed by atoms with Gasteiger partial charge in [-0.3, -0.25) is 9.59 Å². The SMILES string of the molecule is CC=CC(=O)N1CCC(C(=O)NCCCO)CC1. The first kappa shape index (κ1) is 14.7. The Kier molecular flexibility index (Phi) is 6.43. The van der Waals surface area contributed by atoms with E-state index >= 15 is 0 Å². The summed E-state index contributed by atoms with van der Waals surface area (Å²) in [4.78, 5) is 25.1. The predicted octanol–water partition coefficient (Wildman–Crippen LogP) is 0.300. The average molecular weight is 254 g/mol. The Morgan fingerprint density at radius 2 is 2.06 bits per heavy atom. The second kappa shape index (κ2) is 7.87. The molecule has 0 aromatic rings. The highest BCUT2D eigenvalue weighted by atomic mass is 16.3. The number of piperidine rings is 1. The maximum absolute atomic E-state index is 11.8. The van der Waals surface area contributed by atoms with E-state index in [-0.39, 0.29) is 24.3 Å². The summed E-state index contributed by atoms with van der Waals surface area (Å²) in [6, 6.07) is 0. The number of amides is 2. The van der Waals surface area contributed by atoms with Crippen molar-refractivity contribution < 1.29 is 14.7 Å². The molecule has 0 saturated carbocycles. The summed E-state index contributed by atoms with van der Waals surface area (Å²) in [6.07, 6.45) is 5.31. The summed E-state index contributed by atoms with van der Waals surface area (Å²) in [5.41, 5.74) is 0. The maximum atomic E-state index is 11.8. The lowest BCUT2D eigenvalue weighted by molar-refractivity contribution is -0.132. The van der Waals surface area contributed by atoms with Crippen molar-refractivity contribution in [3.05, 3.63) is 12.2 Å². The van der Waals surface area contributed by atoms with Crippen LogP contribution >= 0.6 is 0 Å². The molecule has 1 rings (SSSR count). The topological polar surface area (TPSA) is 69.6 Å². The number of aliphatic hydroxyl groups excluding tert-OH is 1. The molecule has 0 bridgehead atoms. The Labute approximate surface area is 108 Å². The van der Waals surface area contributed by atoms with Gasteiger partial charge in [0, 0.05) is 32.2 Å². The molecule has 18 heavy (non-hydrogen) atoms. The lowest BCUT2D eigenvalue weighted by Gasteiger charge is -2.30. The molecule has 5 nitrogen and oxygen atoms in total. The van der Waals surface area contributed by atoms with Crippen molar-refractivity contribution in [3.8, 4) is 0 Å². The Bertz CT molecular complexity index is 307. The first-order chi connectivity index (χ1) is 8.69. The first-order valence-electron chi connectivity index (χ1n) is 6.49. The summed E-state index contributed by atoms with van der Waals surface area (Å²) < 4.78 is 0. The predicted molar refractivity (Wildman–Crippen MR) is 68.8 cm³/mol. The number of aliphatic hydroxyl groups is 1. The second-order valence-corrected chi connectivity index (χ2v) is 4.47. The normalized spacial score (nSPS) is 17.1. The van der Waals surface area contributed by atoms with Crippen LogP contribution in [0, 0.1) is 5.92 Å². The molecule has 2 amide bonds. The number of carbonyl (C=O) groups is 2. The summed E-state index contributed by atoms with van der Waals surface area (Å²) >= 11 is 0. The zero-order valence-electron chi connectivity index (χ0n) is 10.9. The number of hydrogen-bond acceptors (Lipinski definition) is 3. The quantitative estimate of drug-likeness (QED) is 0.547. The summed E-state index contributed by atoms with van der Waals surface area (Å²) in [5, 5.41) is 11.4. The molecule has 0 radical (unpaired) electrons. The Morgan fingerprint density at radius 3 is 2.61 bits per heavy atom. The van der Waals surface area contributed by atoms with Crippen LogP contribution in [0.2, 0.25) is 0 Å². The molecule has 0 spiro atoms. The van der Waals surface area contributed by atoms with Gasteiger partial charge in [0.25, 0.3) is 0 Å². The minimum Gasteiger partial charge on any atom is -0.396 e. The van der Waals surface area contributed by atoms with Gasteiger partial charge in [-0.05, 0) is 32.3 Å². The van der Waals surface area contributed by atoms with Crippen LogP contribution in [-0.2, 0) is 9.59 Å². The number of nitrogens with one attached hydrogen (secondary N) is 1. The van der Waals surface area contributed by atoms with Crippen LogP contribution in [0.1, 0.15) is 26.2 Å². The maximum Gasteiger partial charge on any atom is 0.246 e. The summed E-state index contributed by atoms with van der Waals surface area (Å²) in [6.45, 7) is 3.71. The van der Waals surface area contributed by atoms with Crippen molar-refractivity contribution in [1.82, 2.24) is 10.2 Å². The second-order valence-electron chi connectivity index (χ2n) is 4.47. The molecular weight excluding hydrogens is 232 g/mol. The van der Waals surface area contributed by atoms with E-state index in [4.69, 9.17) is 5.11 Å². The number of likely N-dealkylation sites (tertiary alicyclic amines) is 1. The van der Waals surface area contributed by atoms with Gasteiger partial charge in [-0.25, -0.2) is 0 Å². The molecule has 0 aliphatic carbocycles. The first-order valence-corrected chi connectivity index (χ1v) is 6.49. The minimum atomic E-state index is -0.00153. The van der Waals surface area contributed by atoms with E-state index in [0.29, 0.717) is 38.9 Å². The van der Waals surface area contributed by atoms with Gasteiger partial charge in [0.15, 0.2) is 0 Å². The molecule has 1 saturated heterocycles. The summed E-state index contributed by atoms with van der Waals surface area (Å²) in [5.74, 6) is 0.0663. The van der Waals surface area contributed by atoms with E-state index in [1.165, 1.54) is 0 Å². The molecule has 2 N–H and O–H groups in total. The molecule has 102 valence electrons. The van der Waals surface area contributed by atoms with Crippen molar-refractivity contribution in [1.29, 1.82) is 0 Å². The van der Waals surface area contributed by atoms with Crippen LogP contribution in [0.15, 0.2) is 12.2 Å². The van der Waals surface area contributed by atoms with Gasteiger partial charge in [-0.2, -0.15) is 0 Å². The lowest BCUT2D eigenvalue weighted by Crippen LogP contribution is -2.42. The lowest BCUT2D eigenvalue weighted by atomic mass is 9.96. The van der Waals surface area contributed by atoms with Crippen LogP contribution in [0.5, 0.6) is 0 Å². The molecule has 1 aliphatic rings. The number of hydrogen-bond donors (Lipinski definition) is 2. The van der Waals surface area contributed by atoms with E-state index in [0.717, 1.165) is 0 Å². The Morgan fingerprint density at radius 1 is 1.39 bits per heavy atom. The Balaban J connectivity index is 2.30.